The van der Waals surface area contributed by atoms with Gasteiger partial charge in [0.1, 0.15) is 0 Å². The average Bonchev–Trinajstić information content (AvgIpc) is 3.67. The van der Waals surface area contributed by atoms with E-state index >= 15 is 0 Å². The zero-order valence-corrected chi connectivity index (χ0v) is 38.0. The van der Waals surface area contributed by atoms with E-state index in [-0.39, 0.29) is 0 Å². The predicted octanol–water partition coefficient (Wildman–Crippen LogP) is 18.0. The second-order valence-corrected chi connectivity index (χ2v) is 18.0. The molecule has 2 heteroatoms. The van der Waals surface area contributed by atoms with E-state index in [2.05, 4.69) is 289 Å². The standard InChI is InChI=1S/C67H46N2/c1-5-23-47(24-6-1)53-31-17-21-39-65(53)68(49-27-9-3-10-28-49)51-42-44-63-60(45-51)58-36-16-20-38-62(58)67(63)61-37-19-15-35-57(61)55-33-13-14-34-56(55)59-43-41-52(46-64(59)67)69(50-29-11-4-12-30-50)66-40-22-18-32-54(66)48-25-7-2-8-26-48/h1-46H. The molecule has 2 aliphatic carbocycles. The van der Waals surface area contributed by atoms with Gasteiger partial charge < -0.3 is 9.80 Å². The van der Waals surface area contributed by atoms with E-state index in [4.69, 9.17) is 0 Å². The first-order valence-electron chi connectivity index (χ1n) is 23.8. The molecule has 0 bridgehead atoms. The molecule has 0 saturated carbocycles. The lowest BCUT2D eigenvalue weighted by Crippen LogP contribution is -2.29. The number of hydrogen-bond acceptors (Lipinski definition) is 2. The van der Waals surface area contributed by atoms with Gasteiger partial charge in [-0.1, -0.05) is 218 Å². The molecule has 0 aromatic heterocycles. The highest BCUT2D eigenvalue weighted by Gasteiger charge is 2.50. The van der Waals surface area contributed by atoms with Crippen LogP contribution in [-0.4, -0.2) is 0 Å². The molecule has 0 amide bonds. The lowest BCUT2D eigenvalue weighted by atomic mass is 9.66. The second-order valence-electron chi connectivity index (χ2n) is 18.0. The highest BCUT2D eigenvalue weighted by molar-refractivity contribution is 6.00. The first kappa shape index (κ1) is 40.3. The third-order valence-corrected chi connectivity index (χ3v) is 14.3. The van der Waals surface area contributed by atoms with E-state index in [9.17, 15) is 0 Å². The molecule has 0 radical (unpaired) electrons. The summed E-state index contributed by atoms with van der Waals surface area (Å²) in [4.78, 5) is 4.88. The Bertz CT molecular complexity index is 3680. The molecule has 0 heterocycles. The molecule has 1 atom stereocenters. The van der Waals surface area contributed by atoms with E-state index in [0.717, 1.165) is 34.1 Å². The molecule has 2 aliphatic rings. The van der Waals surface area contributed by atoms with Gasteiger partial charge in [-0.25, -0.2) is 0 Å². The summed E-state index contributed by atoms with van der Waals surface area (Å²) in [7, 11) is 0. The summed E-state index contributed by atoms with van der Waals surface area (Å²) in [5.41, 5.74) is 23.1. The molecule has 11 aromatic rings. The van der Waals surface area contributed by atoms with Crippen LogP contribution in [0.4, 0.5) is 34.1 Å². The van der Waals surface area contributed by atoms with Gasteiger partial charge in [-0.2, -0.15) is 0 Å². The summed E-state index contributed by atoms with van der Waals surface area (Å²) in [5, 5.41) is 0. The van der Waals surface area contributed by atoms with Crippen LogP contribution in [0.2, 0.25) is 0 Å². The summed E-state index contributed by atoms with van der Waals surface area (Å²) in [6.45, 7) is 0. The summed E-state index contributed by atoms with van der Waals surface area (Å²) in [6, 6.07) is 103. The van der Waals surface area contributed by atoms with Crippen LogP contribution in [0.25, 0.3) is 55.6 Å². The van der Waals surface area contributed by atoms with E-state index in [1.807, 2.05) is 0 Å². The van der Waals surface area contributed by atoms with Crippen molar-refractivity contribution >= 4 is 34.1 Å². The summed E-state index contributed by atoms with van der Waals surface area (Å²) < 4.78 is 0. The van der Waals surface area contributed by atoms with Gasteiger partial charge in [-0.15, -0.1) is 0 Å². The van der Waals surface area contributed by atoms with Crippen LogP contribution in [0, 0.1) is 0 Å². The smallest absolute Gasteiger partial charge is 0.0726 e. The molecule has 11 aromatic carbocycles. The van der Waals surface area contributed by atoms with Crippen molar-refractivity contribution < 1.29 is 0 Å². The second kappa shape index (κ2) is 16.7. The van der Waals surface area contributed by atoms with E-state index in [1.54, 1.807) is 0 Å². The van der Waals surface area contributed by atoms with Crippen molar-refractivity contribution in [1.82, 2.24) is 0 Å². The molecular formula is C67H46N2. The first-order valence-corrected chi connectivity index (χ1v) is 23.8. The average molecular weight is 879 g/mol. The van der Waals surface area contributed by atoms with Crippen molar-refractivity contribution in [1.29, 1.82) is 0 Å². The molecular weight excluding hydrogens is 833 g/mol. The van der Waals surface area contributed by atoms with Crippen molar-refractivity contribution in [2.45, 2.75) is 5.41 Å². The Morgan fingerprint density at radius 1 is 0.203 bits per heavy atom. The molecule has 69 heavy (non-hydrogen) atoms. The largest absolute Gasteiger partial charge is 0.310 e. The van der Waals surface area contributed by atoms with Crippen LogP contribution >= 0.6 is 0 Å². The Kier molecular flexibility index (Phi) is 9.77. The number of rotatable bonds is 8. The Morgan fingerprint density at radius 2 is 0.551 bits per heavy atom. The minimum atomic E-state index is -0.688. The third-order valence-electron chi connectivity index (χ3n) is 14.3. The van der Waals surface area contributed by atoms with Gasteiger partial charge >= 0.3 is 0 Å². The Morgan fingerprint density at radius 3 is 1.06 bits per heavy atom. The molecule has 0 aliphatic heterocycles. The fourth-order valence-electron chi connectivity index (χ4n) is 11.4. The number of fused-ring (bicyclic) bond motifs is 12. The molecule has 0 N–H and O–H groups in total. The van der Waals surface area contributed by atoms with Gasteiger partial charge in [0.15, 0.2) is 0 Å². The highest BCUT2D eigenvalue weighted by atomic mass is 15.2. The maximum absolute atomic E-state index is 2.51. The minimum absolute atomic E-state index is 0.688. The number of hydrogen-bond donors (Lipinski definition) is 0. The van der Waals surface area contributed by atoms with Gasteiger partial charge in [0.25, 0.3) is 0 Å². The van der Waals surface area contributed by atoms with Crippen molar-refractivity contribution in [2.24, 2.45) is 0 Å². The summed E-state index contributed by atoms with van der Waals surface area (Å²) in [5.74, 6) is 0. The maximum atomic E-state index is 2.51. The predicted molar refractivity (Wildman–Crippen MR) is 288 cm³/mol. The van der Waals surface area contributed by atoms with Crippen molar-refractivity contribution in [3.05, 3.63) is 301 Å². The maximum Gasteiger partial charge on any atom is 0.0726 e. The van der Waals surface area contributed by atoms with Gasteiger partial charge in [0.2, 0.25) is 0 Å². The molecule has 324 valence electrons. The topological polar surface area (TPSA) is 6.48 Å². The number of benzene rings is 11. The van der Waals surface area contributed by atoms with Crippen LogP contribution in [0.15, 0.2) is 279 Å². The zero-order valence-electron chi connectivity index (χ0n) is 38.0. The summed E-state index contributed by atoms with van der Waals surface area (Å²) >= 11 is 0. The lowest BCUT2D eigenvalue weighted by Gasteiger charge is -2.37. The van der Waals surface area contributed by atoms with Gasteiger partial charge in [-0.3, -0.25) is 0 Å². The number of anilines is 6. The van der Waals surface area contributed by atoms with E-state index in [1.165, 1.54) is 77.9 Å². The van der Waals surface area contributed by atoms with Crippen LogP contribution in [0.5, 0.6) is 0 Å². The van der Waals surface area contributed by atoms with Gasteiger partial charge in [0.05, 0.1) is 16.8 Å². The van der Waals surface area contributed by atoms with E-state index in [0.29, 0.717) is 0 Å². The van der Waals surface area contributed by atoms with Crippen molar-refractivity contribution in [2.75, 3.05) is 9.80 Å². The highest BCUT2D eigenvalue weighted by Crippen LogP contribution is 2.63. The quantitative estimate of drug-likeness (QED) is 0.150. The lowest BCUT2D eigenvalue weighted by molar-refractivity contribution is 0.775. The van der Waals surface area contributed by atoms with Crippen molar-refractivity contribution in [3.8, 4) is 55.6 Å². The Balaban J connectivity index is 1.10. The molecule has 1 unspecified atom stereocenters. The third kappa shape index (κ3) is 6.48. The fraction of sp³-hybridized carbons (Fsp3) is 0.0149. The van der Waals surface area contributed by atoms with Crippen LogP contribution in [0.3, 0.4) is 0 Å². The van der Waals surface area contributed by atoms with Crippen LogP contribution in [-0.2, 0) is 5.41 Å². The fourth-order valence-corrected chi connectivity index (χ4v) is 11.4. The van der Waals surface area contributed by atoms with Crippen molar-refractivity contribution in [3.63, 3.8) is 0 Å². The van der Waals surface area contributed by atoms with Crippen LogP contribution in [0.1, 0.15) is 22.3 Å². The SMILES string of the molecule is c1ccc(-c2ccccc2N(c2ccccc2)c2ccc3c(c2)-c2ccccc2C32c3ccccc3-c3ccccc3-c3ccc(N(c4ccccc4)c4ccccc4-c4ccccc4)cc32)cc1. The zero-order chi connectivity index (χ0) is 45.7. The van der Waals surface area contributed by atoms with Gasteiger partial charge in [0, 0.05) is 33.9 Å². The first-order chi connectivity index (χ1) is 34.3. The minimum Gasteiger partial charge on any atom is -0.310 e. The monoisotopic (exact) mass is 878 g/mol. The van der Waals surface area contributed by atoms with Crippen LogP contribution < -0.4 is 9.80 Å². The molecule has 1 spiro atoms. The van der Waals surface area contributed by atoms with E-state index < -0.39 is 5.41 Å². The Labute approximate surface area is 404 Å². The molecule has 13 rings (SSSR count). The number of para-hydroxylation sites is 4. The summed E-state index contributed by atoms with van der Waals surface area (Å²) in [6.07, 6.45) is 0. The molecule has 0 fully saturated rings. The normalized spacial score (nSPS) is 13.9. The Hall–Kier alpha value is -8.98. The number of nitrogens with zero attached hydrogens (tertiary/aromatic N) is 2. The molecule has 0 saturated heterocycles. The van der Waals surface area contributed by atoms with Gasteiger partial charge in [-0.05, 0) is 127 Å². The molecule has 2 nitrogen and oxygen atoms in total.